The largest absolute Gasteiger partial charge is 0.421 e. The van der Waals surface area contributed by atoms with Gasteiger partial charge in [0.05, 0.1) is 11.3 Å². The molecule has 12 heteroatoms. The van der Waals surface area contributed by atoms with E-state index in [1.807, 2.05) is 0 Å². The summed E-state index contributed by atoms with van der Waals surface area (Å²) < 4.78 is 93.9. The fourth-order valence-corrected chi connectivity index (χ4v) is 4.19. The molecule has 3 saturated carbocycles. The highest BCUT2D eigenvalue weighted by atomic mass is 19.4. The SMILES string of the molecule is Nc1ncc(-c2cn(C3CC4(F)CC3C4)c([C@@H](O)C(F)(F)F)n2)cc1C(F)(F)F. The Balaban J connectivity index is 1.80. The Hall–Kier alpha value is -2.37. The van der Waals surface area contributed by atoms with Crippen molar-refractivity contribution in [1.82, 2.24) is 14.5 Å². The van der Waals surface area contributed by atoms with Crippen molar-refractivity contribution in [3.8, 4) is 11.3 Å². The van der Waals surface area contributed by atoms with E-state index in [2.05, 4.69) is 9.97 Å². The first kappa shape index (κ1) is 19.9. The van der Waals surface area contributed by atoms with Gasteiger partial charge in [-0.2, -0.15) is 26.3 Å². The van der Waals surface area contributed by atoms with Crippen LogP contribution in [0.2, 0.25) is 0 Å². The van der Waals surface area contributed by atoms with Gasteiger partial charge in [-0.05, 0) is 24.8 Å². The number of rotatable bonds is 3. The van der Waals surface area contributed by atoms with Gasteiger partial charge in [0, 0.05) is 30.4 Å². The van der Waals surface area contributed by atoms with Crippen LogP contribution in [0.15, 0.2) is 18.5 Å². The zero-order valence-corrected chi connectivity index (χ0v) is 14.6. The fraction of sp³-hybridized carbons (Fsp3) is 0.529. The molecule has 0 spiro atoms. The van der Waals surface area contributed by atoms with Gasteiger partial charge < -0.3 is 15.4 Å². The quantitative estimate of drug-likeness (QED) is 0.724. The summed E-state index contributed by atoms with van der Waals surface area (Å²) in [6, 6.07) is -0.0404. The predicted molar refractivity (Wildman–Crippen MR) is 86.1 cm³/mol. The van der Waals surface area contributed by atoms with Crippen molar-refractivity contribution in [3.63, 3.8) is 0 Å². The van der Waals surface area contributed by atoms with Crippen LogP contribution in [-0.2, 0) is 6.18 Å². The zero-order chi connectivity index (χ0) is 21.4. The summed E-state index contributed by atoms with van der Waals surface area (Å²) in [5.74, 6) is -1.80. The molecule has 2 aromatic heterocycles. The number of anilines is 1. The number of halogens is 7. The molecule has 3 N–H and O–H groups in total. The third-order valence-electron chi connectivity index (χ3n) is 5.57. The number of fused-ring (bicyclic) bond motifs is 1. The average molecular weight is 424 g/mol. The minimum atomic E-state index is -5.05. The summed E-state index contributed by atoms with van der Waals surface area (Å²) in [7, 11) is 0. The highest BCUT2D eigenvalue weighted by molar-refractivity contribution is 5.62. The number of hydrogen-bond acceptors (Lipinski definition) is 4. The highest BCUT2D eigenvalue weighted by Crippen LogP contribution is 2.60. The Morgan fingerprint density at radius 1 is 1.17 bits per heavy atom. The van der Waals surface area contributed by atoms with Gasteiger partial charge in [-0.3, -0.25) is 0 Å². The number of imidazole rings is 1. The lowest BCUT2D eigenvalue weighted by Gasteiger charge is -2.30. The lowest BCUT2D eigenvalue weighted by atomic mass is 9.81. The third kappa shape index (κ3) is 3.32. The minimum Gasteiger partial charge on any atom is -0.383 e. The molecular formula is C17H15F7N4O. The van der Waals surface area contributed by atoms with Gasteiger partial charge in [-0.1, -0.05) is 0 Å². The summed E-state index contributed by atoms with van der Waals surface area (Å²) in [6.07, 6.45) is -10.4. The maximum atomic E-state index is 14.3. The first-order valence-electron chi connectivity index (χ1n) is 8.64. The van der Waals surface area contributed by atoms with Crippen LogP contribution in [0.25, 0.3) is 11.3 Å². The van der Waals surface area contributed by atoms with Crippen LogP contribution < -0.4 is 5.73 Å². The lowest BCUT2D eigenvalue weighted by molar-refractivity contribution is -0.210. The van der Waals surface area contributed by atoms with Crippen molar-refractivity contribution in [2.75, 3.05) is 5.73 Å². The first-order valence-corrected chi connectivity index (χ1v) is 8.64. The zero-order valence-electron chi connectivity index (χ0n) is 14.6. The second-order valence-corrected chi connectivity index (χ2v) is 7.58. The van der Waals surface area contributed by atoms with Gasteiger partial charge in [0.2, 0.25) is 6.10 Å². The van der Waals surface area contributed by atoms with Crippen LogP contribution >= 0.6 is 0 Å². The number of nitrogens with two attached hydrogens (primary N) is 1. The van der Waals surface area contributed by atoms with E-state index < -0.39 is 47.4 Å². The molecule has 0 aliphatic heterocycles. The number of aromatic nitrogens is 3. The van der Waals surface area contributed by atoms with Crippen LogP contribution in [0, 0.1) is 5.92 Å². The van der Waals surface area contributed by atoms with Gasteiger partial charge >= 0.3 is 12.4 Å². The van der Waals surface area contributed by atoms with Crippen LogP contribution in [0.1, 0.15) is 42.8 Å². The van der Waals surface area contributed by atoms with Gasteiger partial charge in [0.15, 0.2) is 0 Å². The summed E-state index contributed by atoms with van der Waals surface area (Å²) in [6.45, 7) is 0. The molecule has 2 bridgehead atoms. The van der Waals surface area contributed by atoms with Gasteiger partial charge in [0.1, 0.15) is 17.3 Å². The molecule has 5 nitrogen and oxygen atoms in total. The molecule has 3 aliphatic carbocycles. The third-order valence-corrected chi connectivity index (χ3v) is 5.57. The molecule has 3 fully saturated rings. The van der Waals surface area contributed by atoms with E-state index >= 15 is 0 Å². The summed E-state index contributed by atoms with van der Waals surface area (Å²) in [5, 5.41) is 9.73. The van der Waals surface area contributed by atoms with Crippen molar-refractivity contribution in [1.29, 1.82) is 0 Å². The second kappa shape index (κ2) is 6.07. The van der Waals surface area contributed by atoms with E-state index in [4.69, 9.17) is 5.73 Å². The predicted octanol–water partition coefficient (Wildman–Crippen LogP) is 4.20. The monoisotopic (exact) mass is 424 g/mol. The van der Waals surface area contributed by atoms with Crippen molar-refractivity contribution in [3.05, 3.63) is 29.8 Å². The number of aliphatic hydroxyl groups excluding tert-OH is 1. The van der Waals surface area contributed by atoms with Gasteiger partial charge in [0.25, 0.3) is 0 Å². The fourth-order valence-electron chi connectivity index (χ4n) is 4.19. The summed E-state index contributed by atoms with van der Waals surface area (Å²) in [5.41, 5.74) is 2.05. The molecule has 2 aromatic rings. The number of pyridine rings is 1. The Kier molecular flexibility index (Phi) is 4.17. The maximum Gasteiger partial charge on any atom is 0.421 e. The van der Waals surface area contributed by atoms with E-state index in [0.717, 1.165) is 17.0 Å². The molecular weight excluding hydrogens is 409 g/mol. The molecule has 158 valence electrons. The maximum absolute atomic E-state index is 14.3. The number of alkyl halides is 7. The molecule has 29 heavy (non-hydrogen) atoms. The topological polar surface area (TPSA) is 77.0 Å². The van der Waals surface area contributed by atoms with Gasteiger partial charge in [-0.15, -0.1) is 0 Å². The smallest absolute Gasteiger partial charge is 0.383 e. The van der Waals surface area contributed by atoms with E-state index in [1.54, 1.807) is 0 Å². The molecule has 5 rings (SSSR count). The van der Waals surface area contributed by atoms with Crippen LogP contribution in [-0.4, -0.2) is 31.5 Å². The van der Waals surface area contributed by atoms with Gasteiger partial charge in [-0.25, -0.2) is 14.4 Å². The van der Waals surface area contributed by atoms with E-state index in [-0.39, 0.29) is 36.4 Å². The van der Waals surface area contributed by atoms with E-state index in [0.29, 0.717) is 6.07 Å². The summed E-state index contributed by atoms with van der Waals surface area (Å²) in [4.78, 5) is 7.19. The number of hydrogen-bond donors (Lipinski definition) is 2. The van der Waals surface area contributed by atoms with Crippen LogP contribution in [0.4, 0.5) is 36.6 Å². The molecule has 2 atom stereocenters. The molecule has 2 heterocycles. The molecule has 0 saturated heterocycles. The van der Waals surface area contributed by atoms with Crippen LogP contribution in [0.5, 0.6) is 0 Å². The normalized spacial score (nSPS) is 27.7. The standard InChI is InChI=1S/C17H15F7N4O/c18-15-2-8(3-15)11(4-15)28-6-10(27-14(28)12(29)17(22,23)24)7-1-9(16(19,20)21)13(25)26-5-7/h1,5-6,8,11-12,29H,2-4H2,(H2,25,26)/t8?,11?,12-,15?/m1/s1. The summed E-state index contributed by atoms with van der Waals surface area (Å²) >= 11 is 0. The van der Waals surface area contributed by atoms with Crippen molar-refractivity contribution in [2.45, 2.75) is 49.4 Å². The number of aliphatic hydroxyl groups is 1. The molecule has 0 aromatic carbocycles. The Morgan fingerprint density at radius 2 is 1.83 bits per heavy atom. The number of nitrogen functional groups attached to an aromatic ring is 1. The minimum absolute atomic E-state index is 0.0428. The van der Waals surface area contributed by atoms with Crippen LogP contribution in [0.3, 0.4) is 0 Å². The highest BCUT2D eigenvalue weighted by Gasteiger charge is 2.58. The molecule has 0 radical (unpaired) electrons. The Bertz CT molecular complexity index is 946. The molecule has 3 aliphatic rings. The molecule has 0 amide bonds. The van der Waals surface area contributed by atoms with Crippen molar-refractivity contribution >= 4 is 5.82 Å². The number of nitrogens with zero attached hydrogens (tertiary/aromatic N) is 3. The van der Waals surface area contributed by atoms with Crippen molar-refractivity contribution in [2.24, 2.45) is 5.92 Å². The average Bonchev–Trinajstić information content (AvgIpc) is 3.22. The van der Waals surface area contributed by atoms with E-state index in [9.17, 15) is 35.8 Å². The van der Waals surface area contributed by atoms with E-state index in [1.165, 1.54) is 0 Å². The first-order chi connectivity index (χ1) is 13.3. The Morgan fingerprint density at radius 3 is 2.34 bits per heavy atom. The second-order valence-electron chi connectivity index (χ2n) is 7.58. The lowest BCUT2D eigenvalue weighted by Crippen LogP contribution is -2.30. The van der Waals surface area contributed by atoms with Crippen molar-refractivity contribution < 1.29 is 35.8 Å². The molecule has 1 unspecified atom stereocenters. The Labute approximate surface area is 159 Å².